The number of rotatable bonds is 1. The summed E-state index contributed by atoms with van der Waals surface area (Å²) in [6.07, 6.45) is 2.81. The molecule has 0 radical (unpaired) electrons. The van der Waals surface area contributed by atoms with E-state index in [1.807, 2.05) is 0 Å². The summed E-state index contributed by atoms with van der Waals surface area (Å²) in [5.74, 6) is 1.53. The lowest BCUT2D eigenvalue weighted by atomic mass is 10.2. The van der Waals surface area contributed by atoms with E-state index in [-0.39, 0.29) is 24.1 Å². The number of aromatic nitrogens is 1. The van der Waals surface area contributed by atoms with Gasteiger partial charge in [0.05, 0.1) is 5.69 Å². The summed E-state index contributed by atoms with van der Waals surface area (Å²) < 4.78 is 5.90. The first kappa shape index (κ1) is 11.5. The number of ether oxygens (including phenoxy) is 1. The van der Waals surface area contributed by atoms with Gasteiger partial charge in [-0.3, -0.25) is 4.79 Å². The normalized spacial score (nSPS) is 23.6. The molecule has 0 bridgehead atoms. The van der Waals surface area contributed by atoms with Gasteiger partial charge in [0.2, 0.25) is 5.56 Å². The molecule has 2 heterocycles. The highest BCUT2D eigenvalue weighted by Crippen LogP contribution is 2.35. The molecule has 1 aromatic heterocycles. The van der Waals surface area contributed by atoms with E-state index >= 15 is 0 Å². The number of nitrogens with one attached hydrogen (secondary N) is 2. The topological polar surface area (TPSA) is 54.1 Å². The zero-order valence-corrected chi connectivity index (χ0v) is 9.68. The molecule has 1 saturated carbocycles. The molecule has 1 aliphatic heterocycles. The number of fused-ring (bicyclic) bond motifs is 1. The van der Waals surface area contributed by atoms with Crippen molar-refractivity contribution in [3.8, 4) is 5.75 Å². The van der Waals surface area contributed by atoms with E-state index in [2.05, 4.69) is 10.3 Å². The summed E-state index contributed by atoms with van der Waals surface area (Å²) >= 11 is 0. The fraction of sp³-hybridized carbons (Fsp3) is 0.545. The molecule has 0 saturated heterocycles. The maximum absolute atomic E-state index is 11.1. The lowest BCUT2D eigenvalue weighted by Crippen LogP contribution is -2.30. The minimum Gasteiger partial charge on any atom is -0.487 e. The van der Waals surface area contributed by atoms with E-state index in [0.717, 1.165) is 18.0 Å². The smallest absolute Gasteiger partial charge is 0.248 e. The first-order valence-corrected chi connectivity index (χ1v) is 5.42. The van der Waals surface area contributed by atoms with Crippen LogP contribution >= 0.6 is 12.4 Å². The van der Waals surface area contributed by atoms with Crippen molar-refractivity contribution < 1.29 is 4.74 Å². The summed E-state index contributed by atoms with van der Waals surface area (Å²) in [7, 11) is 0. The van der Waals surface area contributed by atoms with Crippen LogP contribution in [0.15, 0.2) is 16.9 Å². The SMILES string of the molecule is Cl.O=c1ccc2c([nH]1)CNC[C@@H](C1CC1)O2. The summed E-state index contributed by atoms with van der Waals surface area (Å²) in [6, 6.07) is 3.30. The van der Waals surface area contributed by atoms with Gasteiger partial charge >= 0.3 is 0 Å². The van der Waals surface area contributed by atoms with Crippen molar-refractivity contribution in [2.45, 2.75) is 25.5 Å². The summed E-state index contributed by atoms with van der Waals surface area (Å²) in [5, 5.41) is 3.31. The Hall–Kier alpha value is -1.00. The molecule has 2 N–H and O–H groups in total. The second-order valence-electron chi connectivity index (χ2n) is 4.29. The van der Waals surface area contributed by atoms with Crippen LogP contribution in [0.4, 0.5) is 0 Å². The Balaban J connectivity index is 0.000000963. The van der Waals surface area contributed by atoms with Crippen molar-refractivity contribution in [2.24, 2.45) is 5.92 Å². The van der Waals surface area contributed by atoms with Gasteiger partial charge in [0, 0.05) is 19.2 Å². The molecule has 1 aromatic rings. The second-order valence-corrected chi connectivity index (χ2v) is 4.29. The molecule has 0 spiro atoms. The van der Waals surface area contributed by atoms with Gasteiger partial charge in [-0.15, -0.1) is 12.4 Å². The van der Waals surface area contributed by atoms with Gasteiger partial charge in [-0.1, -0.05) is 0 Å². The zero-order chi connectivity index (χ0) is 10.3. The Bertz CT molecular complexity index is 428. The Morgan fingerprint density at radius 1 is 1.31 bits per heavy atom. The van der Waals surface area contributed by atoms with Crippen molar-refractivity contribution in [2.75, 3.05) is 6.54 Å². The molecule has 0 unspecified atom stereocenters. The third-order valence-corrected chi connectivity index (χ3v) is 3.03. The minimum atomic E-state index is -0.0657. The molecule has 1 aliphatic carbocycles. The molecule has 16 heavy (non-hydrogen) atoms. The van der Waals surface area contributed by atoms with Gasteiger partial charge in [0.25, 0.3) is 0 Å². The third kappa shape index (κ3) is 2.23. The van der Waals surface area contributed by atoms with Crippen molar-refractivity contribution in [1.82, 2.24) is 10.3 Å². The van der Waals surface area contributed by atoms with Gasteiger partial charge in [0.15, 0.2) is 0 Å². The number of pyridine rings is 1. The van der Waals surface area contributed by atoms with Crippen LogP contribution in [0.1, 0.15) is 18.5 Å². The minimum absolute atomic E-state index is 0. The van der Waals surface area contributed by atoms with Crippen LogP contribution in [0.2, 0.25) is 0 Å². The highest BCUT2D eigenvalue weighted by atomic mass is 35.5. The molecular weight excluding hydrogens is 228 g/mol. The fourth-order valence-electron chi connectivity index (χ4n) is 2.02. The first-order valence-electron chi connectivity index (χ1n) is 5.42. The lowest BCUT2D eigenvalue weighted by molar-refractivity contribution is 0.182. The van der Waals surface area contributed by atoms with Crippen LogP contribution < -0.4 is 15.6 Å². The van der Waals surface area contributed by atoms with Gasteiger partial charge in [-0.05, 0) is 24.8 Å². The molecule has 0 amide bonds. The van der Waals surface area contributed by atoms with Crippen LogP contribution in [0, 0.1) is 5.92 Å². The summed E-state index contributed by atoms with van der Waals surface area (Å²) in [4.78, 5) is 13.9. The molecule has 4 nitrogen and oxygen atoms in total. The molecular formula is C11H15ClN2O2. The molecule has 2 aliphatic rings. The molecule has 0 aromatic carbocycles. The highest BCUT2D eigenvalue weighted by Gasteiger charge is 2.34. The van der Waals surface area contributed by atoms with Crippen LogP contribution in [-0.4, -0.2) is 17.6 Å². The zero-order valence-electron chi connectivity index (χ0n) is 8.86. The number of H-pyrrole nitrogens is 1. The van der Waals surface area contributed by atoms with E-state index in [1.54, 1.807) is 6.07 Å². The van der Waals surface area contributed by atoms with E-state index in [0.29, 0.717) is 12.5 Å². The monoisotopic (exact) mass is 242 g/mol. The Labute approximate surface area is 99.8 Å². The van der Waals surface area contributed by atoms with Crippen LogP contribution in [0.5, 0.6) is 5.75 Å². The van der Waals surface area contributed by atoms with Gasteiger partial charge in [0.1, 0.15) is 11.9 Å². The Morgan fingerprint density at radius 2 is 2.12 bits per heavy atom. The average Bonchev–Trinajstić information content (AvgIpc) is 3.02. The number of aromatic amines is 1. The maximum atomic E-state index is 11.1. The largest absolute Gasteiger partial charge is 0.487 e. The second kappa shape index (κ2) is 4.47. The summed E-state index contributed by atoms with van der Waals surface area (Å²) in [5.41, 5.74) is 0.801. The average molecular weight is 243 g/mol. The first-order chi connectivity index (χ1) is 7.33. The van der Waals surface area contributed by atoms with Gasteiger partial charge in [-0.2, -0.15) is 0 Å². The van der Waals surface area contributed by atoms with Gasteiger partial charge < -0.3 is 15.0 Å². The van der Waals surface area contributed by atoms with E-state index in [4.69, 9.17) is 4.74 Å². The van der Waals surface area contributed by atoms with Crippen molar-refractivity contribution in [1.29, 1.82) is 0 Å². The van der Waals surface area contributed by atoms with Crippen molar-refractivity contribution >= 4 is 12.4 Å². The predicted molar refractivity (Wildman–Crippen MR) is 63.2 cm³/mol. The molecule has 3 rings (SSSR count). The predicted octanol–water partition coefficient (Wildman–Crippen LogP) is 1.06. The molecule has 1 fully saturated rings. The number of hydrogen-bond acceptors (Lipinski definition) is 3. The lowest BCUT2D eigenvalue weighted by Gasteiger charge is -2.15. The van der Waals surface area contributed by atoms with Crippen LogP contribution in [-0.2, 0) is 6.54 Å². The Kier molecular flexibility index (Phi) is 3.21. The van der Waals surface area contributed by atoms with Crippen molar-refractivity contribution in [3.05, 3.63) is 28.2 Å². The number of halogens is 1. The Morgan fingerprint density at radius 3 is 2.88 bits per heavy atom. The van der Waals surface area contributed by atoms with Crippen LogP contribution in [0.3, 0.4) is 0 Å². The third-order valence-electron chi connectivity index (χ3n) is 3.03. The molecule has 5 heteroatoms. The highest BCUT2D eigenvalue weighted by molar-refractivity contribution is 5.85. The number of hydrogen-bond donors (Lipinski definition) is 2. The standard InChI is InChI=1S/C11H14N2O2.ClH/c14-11-4-3-9-8(13-11)5-12-6-10(15-9)7-1-2-7;/h3-4,7,10,12H,1-2,5-6H2,(H,13,14);1H/t10-;/m0./s1. The summed E-state index contributed by atoms with van der Waals surface area (Å²) in [6.45, 7) is 1.57. The van der Waals surface area contributed by atoms with Gasteiger partial charge in [-0.25, -0.2) is 0 Å². The van der Waals surface area contributed by atoms with E-state index < -0.39 is 0 Å². The molecule has 1 atom stereocenters. The quantitative estimate of drug-likeness (QED) is 0.774. The molecule has 88 valence electrons. The van der Waals surface area contributed by atoms with Crippen molar-refractivity contribution in [3.63, 3.8) is 0 Å². The van der Waals surface area contributed by atoms with E-state index in [1.165, 1.54) is 18.9 Å². The van der Waals surface area contributed by atoms with E-state index in [9.17, 15) is 4.79 Å². The fourth-order valence-corrected chi connectivity index (χ4v) is 2.02. The van der Waals surface area contributed by atoms with Crippen LogP contribution in [0.25, 0.3) is 0 Å². The maximum Gasteiger partial charge on any atom is 0.248 e.